The Morgan fingerprint density at radius 3 is 2.74 bits per heavy atom. The second kappa shape index (κ2) is 7.05. The summed E-state index contributed by atoms with van der Waals surface area (Å²) < 4.78 is 12.0. The van der Waals surface area contributed by atoms with Crippen LogP contribution in [0.1, 0.15) is 29.3 Å². The Kier molecular flexibility index (Phi) is 6.00. The quantitative estimate of drug-likeness (QED) is 0.803. The number of carbonyl (C=O) groups is 1. The van der Waals surface area contributed by atoms with Crippen molar-refractivity contribution >= 4 is 38.3 Å². The van der Waals surface area contributed by atoms with Gasteiger partial charge in [-0.05, 0) is 31.0 Å². The molecule has 0 fully saturated rings. The van der Waals surface area contributed by atoms with E-state index in [1.54, 1.807) is 18.4 Å². The molecule has 0 aromatic heterocycles. The summed E-state index contributed by atoms with van der Waals surface area (Å²) in [7, 11) is -0.860. The van der Waals surface area contributed by atoms with Crippen LogP contribution >= 0.6 is 15.9 Å². The maximum absolute atomic E-state index is 12.1. The van der Waals surface area contributed by atoms with Crippen LogP contribution in [0.5, 0.6) is 0 Å². The predicted molar refractivity (Wildman–Crippen MR) is 83.8 cm³/mol. The van der Waals surface area contributed by atoms with Gasteiger partial charge in [0.25, 0.3) is 5.91 Å². The molecule has 0 saturated heterocycles. The van der Waals surface area contributed by atoms with Gasteiger partial charge in [-0.1, -0.05) is 22.9 Å². The highest BCUT2D eigenvalue weighted by Crippen LogP contribution is 2.22. The standard InChI is InChI=1S/C13H19BrN2O2S/c1-8(19(3)18)4-5-16-13(17)11-6-10(14)7-12(15)9(11)2/h6-8H,4-5,15H2,1-3H3,(H,16,17). The average Bonchev–Trinajstić information content (AvgIpc) is 2.33. The van der Waals surface area contributed by atoms with Gasteiger partial charge in [0, 0.05) is 44.6 Å². The zero-order valence-electron chi connectivity index (χ0n) is 11.3. The Morgan fingerprint density at radius 2 is 2.16 bits per heavy atom. The van der Waals surface area contributed by atoms with Crippen molar-refractivity contribution in [1.82, 2.24) is 5.32 Å². The fraction of sp³-hybridized carbons (Fsp3) is 0.462. The highest BCUT2D eigenvalue weighted by atomic mass is 79.9. The third-order valence-corrected chi connectivity index (χ3v) is 4.89. The molecule has 3 N–H and O–H groups in total. The van der Waals surface area contributed by atoms with Crippen LogP contribution in [0.4, 0.5) is 5.69 Å². The van der Waals surface area contributed by atoms with Gasteiger partial charge in [-0.25, -0.2) is 0 Å². The molecular weight excluding hydrogens is 328 g/mol. The Balaban J connectivity index is 2.67. The van der Waals surface area contributed by atoms with Gasteiger partial charge in [0.2, 0.25) is 0 Å². The predicted octanol–water partition coefficient (Wildman–Crippen LogP) is 2.23. The molecule has 0 bridgehead atoms. The minimum absolute atomic E-state index is 0.0778. The van der Waals surface area contributed by atoms with Gasteiger partial charge >= 0.3 is 0 Å². The maximum atomic E-state index is 12.1. The molecule has 0 aliphatic heterocycles. The molecule has 1 aromatic carbocycles. The lowest BCUT2D eigenvalue weighted by molar-refractivity contribution is 0.0952. The lowest BCUT2D eigenvalue weighted by atomic mass is 10.1. The van der Waals surface area contributed by atoms with Crippen molar-refractivity contribution in [3.8, 4) is 0 Å². The monoisotopic (exact) mass is 346 g/mol. The maximum Gasteiger partial charge on any atom is 0.251 e. The molecular formula is C13H19BrN2O2S. The van der Waals surface area contributed by atoms with Crippen molar-refractivity contribution in [3.05, 3.63) is 27.7 Å². The van der Waals surface area contributed by atoms with E-state index < -0.39 is 10.8 Å². The van der Waals surface area contributed by atoms with Crippen LogP contribution in [0.25, 0.3) is 0 Å². The molecule has 2 unspecified atom stereocenters. The van der Waals surface area contributed by atoms with E-state index >= 15 is 0 Å². The lowest BCUT2D eigenvalue weighted by Crippen LogP contribution is -2.28. The number of nitrogens with two attached hydrogens (primary N) is 1. The van der Waals surface area contributed by atoms with Gasteiger partial charge < -0.3 is 11.1 Å². The summed E-state index contributed by atoms with van der Waals surface area (Å²) in [6.45, 7) is 4.23. The topological polar surface area (TPSA) is 72.2 Å². The van der Waals surface area contributed by atoms with E-state index in [-0.39, 0.29) is 11.2 Å². The normalized spacial score (nSPS) is 13.9. The van der Waals surface area contributed by atoms with Gasteiger partial charge in [-0.15, -0.1) is 0 Å². The van der Waals surface area contributed by atoms with Crippen molar-refractivity contribution in [2.45, 2.75) is 25.5 Å². The summed E-state index contributed by atoms with van der Waals surface area (Å²) in [6.07, 6.45) is 2.36. The highest BCUT2D eigenvalue weighted by Gasteiger charge is 2.13. The van der Waals surface area contributed by atoms with Crippen LogP contribution in [0.2, 0.25) is 0 Å². The summed E-state index contributed by atoms with van der Waals surface area (Å²) in [4.78, 5) is 12.1. The molecule has 0 heterocycles. The third kappa shape index (κ3) is 4.62. The SMILES string of the molecule is Cc1c(N)cc(Br)cc1C(=O)NCCC(C)S(C)=O. The zero-order valence-corrected chi connectivity index (χ0v) is 13.7. The van der Waals surface area contributed by atoms with Gasteiger partial charge in [-0.3, -0.25) is 9.00 Å². The number of hydrogen-bond donors (Lipinski definition) is 2. The third-order valence-electron chi connectivity index (χ3n) is 3.06. The summed E-state index contributed by atoms with van der Waals surface area (Å²) in [5, 5.41) is 2.91. The number of benzene rings is 1. The fourth-order valence-electron chi connectivity index (χ4n) is 1.59. The summed E-state index contributed by atoms with van der Waals surface area (Å²) in [5.41, 5.74) is 7.75. The van der Waals surface area contributed by atoms with Crippen molar-refractivity contribution < 1.29 is 9.00 Å². The van der Waals surface area contributed by atoms with E-state index in [4.69, 9.17) is 5.73 Å². The van der Waals surface area contributed by atoms with Crippen LogP contribution in [0, 0.1) is 6.92 Å². The summed E-state index contributed by atoms with van der Waals surface area (Å²) in [6, 6.07) is 3.52. The molecule has 0 aliphatic carbocycles. The van der Waals surface area contributed by atoms with E-state index in [0.717, 1.165) is 10.0 Å². The van der Waals surface area contributed by atoms with E-state index in [0.29, 0.717) is 24.2 Å². The minimum atomic E-state index is -0.860. The Hall–Kier alpha value is -0.880. The Morgan fingerprint density at radius 1 is 1.53 bits per heavy atom. The number of nitrogens with one attached hydrogen (secondary N) is 1. The second-order valence-corrected chi connectivity index (χ2v) is 7.24. The average molecular weight is 347 g/mol. The number of hydrogen-bond acceptors (Lipinski definition) is 3. The van der Waals surface area contributed by atoms with Crippen LogP contribution in [-0.4, -0.2) is 28.2 Å². The minimum Gasteiger partial charge on any atom is -0.398 e. The van der Waals surface area contributed by atoms with Crippen LogP contribution in [-0.2, 0) is 10.8 Å². The Labute approximate surface area is 124 Å². The van der Waals surface area contributed by atoms with Gasteiger partial charge in [0.05, 0.1) is 0 Å². The molecule has 0 radical (unpaired) electrons. The lowest BCUT2D eigenvalue weighted by Gasteiger charge is -2.12. The molecule has 0 saturated carbocycles. The first kappa shape index (κ1) is 16.2. The van der Waals surface area contributed by atoms with Crippen molar-refractivity contribution in [3.63, 3.8) is 0 Å². The van der Waals surface area contributed by atoms with E-state index in [1.807, 2.05) is 13.8 Å². The van der Waals surface area contributed by atoms with Crippen molar-refractivity contribution in [1.29, 1.82) is 0 Å². The zero-order chi connectivity index (χ0) is 14.6. The van der Waals surface area contributed by atoms with Crippen LogP contribution < -0.4 is 11.1 Å². The van der Waals surface area contributed by atoms with Crippen molar-refractivity contribution in [2.24, 2.45) is 0 Å². The molecule has 2 atom stereocenters. The number of nitrogen functional groups attached to an aromatic ring is 1. The molecule has 0 aliphatic rings. The number of carbonyl (C=O) groups excluding carboxylic acids is 1. The summed E-state index contributed by atoms with van der Waals surface area (Å²) in [5.74, 6) is -0.153. The number of amides is 1. The van der Waals surface area contributed by atoms with Crippen molar-refractivity contribution in [2.75, 3.05) is 18.5 Å². The highest BCUT2D eigenvalue weighted by molar-refractivity contribution is 9.10. The second-order valence-electron chi connectivity index (χ2n) is 4.52. The van der Waals surface area contributed by atoms with Gasteiger partial charge in [0.15, 0.2) is 0 Å². The molecule has 19 heavy (non-hydrogen) atoms. The molecule has 1 amide bonds. The molecule has 1 aromatic rings. The molecule has 1 rings (SSSR count). The van der Waals surface area contributed by atoms with Gasteiger partial charge in [0.1, 0.15) is 0 Å². The van der Waals surface area contributed by atoms with Gasteiger partial charge in [-0.2, -0.15) is 0 Å². The fourth-order valence-corrected chi connectivity index (χ4v) is 2.51. The molecule has 106 valence electrons. The molecule has 4 nitrogen and oxygen atoms in total. The largest absolute Gasteiger partial charge is 0.398 e. The first-order valence-corrected chi connectivity index (χ1v) is 8.40. The van der Waals surface area contributed by atoms with Crippen LogP contribution in [0.3, 0.4) is 0 Å². The molecule has 0 spiro atoms. The first-order valence-electron chi connectivity index (χ1n) is 5.99. The Bertz CT molecular complexity index is 506. The molecule has 6 heteroatoms. The number of anilines is 1. The number of rotatable bonds is 5. The smallest absolute Gasteiger partial charge is 0.251 e. The van der Waals surface area contributed by atoms with E-state index in [9.17, 15) is 9.00 Å². The first-order chi connectivity index (χ1) is 8.82. The van der Waals surface area contributed by atoms with Crippen LogP contribution in [0.15, 0.2) is 16.6 Å². The van der Waals surface area contributed by atoms with E-state index in [2.05, 4.69) is 21.2 Å². The number of halogens is 1. The van der Waals surface area contributed by atoms with E-state index in [1.165, 1.54) is 0 Å². The summed E-state index contributed by atoms with van der Waals surface area (Å²) >= 11 is 3.33.